The van der Waals surface area contributed by atoms with Crippen molar-refractivity contribution in [1.82, 2.24) is 0 Å². The molecule has 0 amide bonds. The average molecular weight is 615 g/mol. The van der Waals surface area contributed by atoms with Crippen LogP contribution in [0, 0.1) is 13.8 Å². The molecule has 45 heavy (non-hydrogen) atoms. The molecule has 0 fully saturated rings. The van der Waals surface area contributed by atoms with Gasteiger partial charge in [0.1, 0.15) is 50.1 Å². The third-order valence-electron chi connectivity index (χ3n) is 7.89. The van der Waals surface area contributed by atoms with E-state index in [0.717, 1.165) is 35.1 Å². The van der Waals surface area contributed by atoms with Crippen LogP contribution in [0.1, 0.15) is 53.6 Å². The molecule has 8 heteroatoms. The Morgan fingerprint density at radius 2 is 1.24 bits per heavy atom. The van der Waals surface area contributed by atoms with Crippen LogP contribution in [0.4, 0.5) is 0 Å². The van der Waals surface area contributed by atoms with Crippen LogP contribution in [0.2, 0.25) is 0 Å². The van der Waals surface area contributed by atoms with Gasteiger partial charge in [0, 0.05) is 17.6 Å². The van der Waals surface area contributed by atoms with Gasteiger partial charge in [-0.05, 0) is 86.1 Å². The Balaban J connectivity index is 1.54. The summed E-state index contributed by atoms with van der Waals surface area (Å²) in [6.07, 6.45) is 5.67. The molecule has 0 saturated heterocycles. The number of ether oxygens (including phenoxy) is 4. The van der Waals surface area contributed by atoms with E-state index in [4.69, 9.17) is 18.9 Å². The number of carbonyl (C=O) groups excluding carboxylic acids is 2. The third-order valence-corrected chi connectivity index (χ3v) is 7.89. The molecule has 2 unspecified atom stereocenters. The first kappa shape index (κ1) is 33.5. The SMILES string of the molecule is CC=CC(=O)OCC(O)COc1ccc(C2(c3ccc(OCC(O)COC(=O)C=CC)c(C)c3)CCc3ccccc32)cc1C. The highest BCUT2D eigenvalue weighted by atomic mass is 16.6. The molecule has 2 N–H and O–H groups in total. The molecule has 0 saturated carbocycles. The minimum Gasteiger partial charge on any atom is -0.490 e. The molecular weight excluding hydrogens is 572 g/mol. The van der Waals surface area contributed by atoms with E-state index in [1.54, 1.807) is 26.0 Å². The number of aryl methyl sites for hydroxylation is 3. The first-order valence-corrected chi connectivity index (χ1v) is 15.2. The van der Waals surface area contributed by atoms with Gasteiger partial charge in [-0.15, -0.1) is 0 Å². The van der Waals surface area contributed by atoms with E-state index in [1.165, 1.54) is 23.3 Å². The van der Waals surface area contributed by atoms with Crippen LogP contribution in [-0.4, -0.2) is 60.8 Å². The minimum atomic E-state index is -0.954. The standard InChI is InChI=1S/C37H42O8/c1-5-9-35(40)44-23-30(38)21-42-33-15-13-28(19-25(33)3)37(18-17-27-11-7-8-12-32(27)37)29-14-16-34(26(4)20-29)43-22-31(39)24-45-36(41)10-6-2/h5-16,19-20,30-31,38-39H,17-18,21-24H2,1-4H3. The first-order chi connectivity index (χ1) is 21.7. The number of hydrogen-bond donors (Lipinski definition) is 2. The molecule has 0 radical (unpaired) electrons. The van der Waals surface area contributed by atoms with Crippen molar-refractivity contribution in [2.45, 2.75) is 58.2 Å². The largest absolute Gasteiger partial charge is 0.490 e. The van der Waals surface area contributed by atoms with Crippen molar-refractivity contribution < 1.29 is 38.7 Å². The molecule has 1 aliphatic rings. The molecule has 0 aromatic heterocycles. The summed E-state index contributed by atoms with van der Waals surface area (Å²) in [5, 5.41) is 20.5. The average Bonchev–Trinajstić information content (AvgIpc) is 3.42. The molecule has 0 bridgehead atoms. The summed E-state index contributed by atoms with van der Waals surface area (Å²) < 4.78 is 21.9. The van der Waals surface area contributed by atoms with Gasteiger partial charge in [-0.25, -0.2) is 9.59 Å². The number of aliphatic hydroxyl groups excluding tert-OH is 2. The first-order valence-electron chi connectivity index (χ1n) is 15.2. The number of hydrogen-bond acceptors (Lipinski definition) is 8. The number of rotatable bonds is 14. The molecule has 0 heterocycles. The maximum absolute atomic E-state index is 11.5. The Labute approximate surface area is 264 Å². The molecule has 4 rings (SSSR count). The van der Waals surface area contributed by atoms with Gasteiger partial charge in [-0.3, -0.25) is 0 Å². The predicted octanol–water partition coefficient (Wildman–Crippen LogP) is 5.30. The van der Waals surface area contributed by atoms with Gasteiger partial charge in [0.25, 0.3) is 0 Å². The Hall–Kier alpha value is -4.40. The molecule has 3 aromatic rings. The minimum absolute atomic E-state index is 0.00907. The van der Waals surface area contributed by atoms with Crippen LogP contribution < -0.4 is 9.47 Å². The van der Waals surface area contributed by atoms with E-state index >= 15 is 0 Å². The Morgan fingerprint density at radius 1 is 0.756 bits per heavy atom. The lowest BCUT2D eigenvalue weighted by Gasteiger charge is -2.33. The molecular formula is C37H42O8. The zero-order valence-electron chi connectivity index (χ0n) is 26.3. The normalized spacial score (nSPS) is 17.2. The van der Waals surface area contributed by atoms with Crippen molar-refractivity contribution in [1.29, 1.82) is 0 Å². The van der Waals surface area contributed by atoms with E-state index in [2.05, 4.69) is 48.5 Å². The summed E-state index contributed by atoms with van der Waals surface area (Å²) >= 11 is 0. The lowest BCUT2D eigenvalue weighted by molar-refractivity contribution is -0.142. The Morgan fingerprint density at radius 3 is 1.71 bits per heavy atom. The molecule has 2 atom stereocenters. The van der Waals surface area contributed by atoms with Crippen molar-refractivity contribution >= 4 is 11.9 Å². The molecule has 8 nitrogen and oxygen atoms in total. The smallest absolute Gasteiger partial charge is 0.330 e. The fourth-order valence-electron chi connectivity index (χ4n) is 5.72. The Bertz CT molecular complexity index is 1450. The quantitative estimate of drug-likeness (QED) is 0.186. The van der Waals surface area contributed by atoms with Crippen LogP contribution in [0.5, 0.6) is 11.5 Å². The summed E-state index contributed by atoms with van der Waals surface area (Å²) in [4.78, 5) is 23.1. The van der Waals surface area contributed by atoms with Gasteiger partial charge in [-0.1, -0.05) is 60.7 Å². The highest BCUT2D eigenvalue weighted by Gasteiger charge is 2.42. The molecule has 1 aliphatic carbocycles. The van der Waals surface area contributed by atoms with E-state index in [-0.39, 0.29) is 26.4 Å². The topological polar surface area (TPSA) is 112 Å². The van der Waals surface area contributed by atoms with E-state index in [1.807, 2.05) is 26.0 Å². The monoisotopic (exact) mass is 614 g/mol. The van der Waals surface area contributed by atoms with E-state index in [9.17, 15) is 19.8 Å². The molecule has 0 spiro atoms. The maximum atomic E-state index is 11.5. The second-order valence-electron chi connectivity index (χ2n) is 11.2. The zero-order valence-corrected chi connectivity index (χ0v) is 26.3. The fraction of sp³-hybridized carbons (Fsp3) is 0.351. The van der Waals surface area contributed by atoms with Crippen LogP contribution in [0.3, 0.4) is 0 Å². The van der Waals surface area contributed by atoms with Crippen molar-refractivity contribution in [2.24, 2.45) is 0 Å². The lowest BCUT2D eigenvalue weighted by Crippen LogP contribution is -2.27. The predicted molar refractivity (Wildman–Crippen MR) is 172 cm³/mol. The van der Waals surface area contributed by atoms with Crippen LogP contribution in [0.25, 0.3) is 0 Å². The summed E-state index contributed by atoms with van der Waals surface area (Å²) in [5.74, 6) is 0.284. The number of fused-ring (bicyclic) bond motifs is 1. The zero-order chi connectivity index (χ0) is 32.4. The molecule has 238 valence electrons. The van der Waals surface area contributed by atoms with Crippen molar-refractivity contribution in [2.75, 3.05) is 26.4 Å². The molecule has 3 aromatic carbocycles. The van der Waals surface area contributed by atoms with E-state index in [0.29, 0.717) is 11.5 Å². The van der Waals surface area contributed by atoms with Crippen LogP contribution >= 0.6 is 0 Å². The van der Waals surface area contributed by atoms with Gasteiger partial charge in [0.2, 0.25) is 0 Å². The van der Waals surface area contributed by atoms with Gasteiger partial charge in [-0.2, -0.15) is 0 Å². The summed E-state index contributed by atoms with van der Waals surface area (Å²) in [6.45, 7) is 7.08. The van der Waals surface area contributed by atoms with Crippen molar-refractivity contribution in [3.8, 4) is 11.5 Å². The summed E-state index contributed by atoms with van der Waals surface area (Å²) in [5.41, 5.74) is 6.27. The third kappa shape index (κ3) is 8.21. The number of aliphatic hydroxyl groups is 2. The van der Waals surface area contributed by atoms with Gasteiger partial charge < -0.3 is 29.2 Å². The number of allylic oxidation sites excluding steroid dienone is 2. The van der Waals surface area contributed by atoms with Gasteiger partial charge in [0.15, 0.2) is 0 Å². The second-order valence-corrected chi connectivity index (χ2v) is 11.2. The second kappa shape index (κ2) is 15.5. The Kier molecular flexibility index (Phi) is 11.6. The maximum Gasteiger partial charge on any atom is 0.330 e. The van der Waals surface area contributed by atoms with Gasteiger partial charge in [0.05, 0.1) is 0 Å². The van der Waals surface area contributed by atoms with Crippen molar-refractivity contribution in [3.05, 3.63) is 118 Å². The number of carbonyl (C=O) groups is 2. The molecule has 0 aliphatic heterocycles. The van der Waals surface area contributed by atoms with E-state index < -0.39 is 29.6 Å². The highest BCUT2D eigenvalue weighted by Crippen LogP contribution is 2.50. The van der Waals surface area contributed by atoms with Crippen LogP contribution in [0.15, 0.2) is 85.0 Å². The van der Waals surface area contributed by atoms with Crippen LogP contribution in [-0.2, 0) is 30.9 Å². The van der Waals surface area contributed by atoms with Crippen molar-refractivity contribution in [3.63, 3.8) is 0 Å². The fourth-order valence-corrected chi connectivity index (χ4v) is 5.72. The summed E-state index contributed by atoms with van der Waals surface area (Å²) in [6, 6.07) is 20.8. The number of esters is 2. The van der Waals surface area contributed by atoms with Gasteiger partial charge >= 0.3 is 11.9 Å². The highest BCUT2D eigenvalue weighted by molar-refractivity contribution is 5.82. The number of benzene rings is 3. The summed E-state index contributed by atoms with van der Waals surface area (Å²) in [7, 11) is 0. The lowest BCUT2D eigenvalue weighted by atomic mass is 9.69.